The minimum absolute atomic E-state index is 0.0550. The maximum absolute atomic E-state index is 11.3. The highest BCUT2D eigenvalue weighted by Gasteiger charge is 2.33. The zero-order chi connectivity index (χ0) is 13.5. The van der Waals surface area contributed by atoms with Crippen molar-refractivity contribution < 1.29 is 15.0 Å². The van der Waals surface area contributed by atoms with Crippen LogP contribution in [0, 0.1) is 5.92 Å². The predicted molar refractivity (Wildman–Crippen MR) is 72.2 cm³/mol. The van der Waals surface area contributed by atoms with E-state index in [2.05, 4.69) is 13.5 Å². The van der Waals surface area contributed by atoms with E-state index in [9.17, 15) is 15.0 Å². The van der Waals surface area contributed by atoms with Crippen molar-refractivity contribution in [3.05, 3.63) is 24.3 Å². The van der Waals surface area contributed by atoms with E-state index in [0.717, 1.165) is 25.7 Å². The van der Waals surface area contributed by atoms with Crippen LogP contribution in [0.1, 0.15) is 45.4 Å². The number of aliphatic hydroxyl groups is 2. The molecule has 0 amide bonds. The van der Waals surface area contributed by atoms with Gasteiger partial charge >= 0.3 is 0 Å². The number of carbonyl (C=O) groups excluding carboxylic acids is 1. The molecule has 0 heterocycles. The van der Waals surface area contributed by atoms with Crippen LogP contribution in [0.5, 0.6) is 0 Å². The van der Waals surface area contributed by atoms with Gasteiger partial charge in [-0.25, -0.2) is 0 Å². The molecule has 0 radical (unpaired) electrons. The Kier molecular flexibility index (Phi) is 6.30. The molecule has 3 heteroatoms. The van der Waals surface area contributed by atoms with Crippen LogP contribution in [0.3, 0.4) is 0 Å². The lowest BCUT2D eigenvalue weighted by Gasteiger charge is -2.10. The minimum Gasteiger partial charge on any atom is -0.393 e. The van der Waals surface area contributed by atoms with Crippen molar-refractivity contribution >= 4 is 5.78 Å². The Morgan fingerprint density at radius 3 is 2.78 bits per heavy atom. The summed E-state index contributed by atoms with van der Waals surface area (Å²) in [6, 6.07) is 0. The molecule has 2 N–H and O–H groups in total. The van der Waals surface area contributed by atoms with Gasteiger partial charge in [0.1, 0.15) is 0 Å². The van der Waals surface area contributed by atoms with Crippen molar-refractivity contribution in [1.29, 1.82) is 0 Å². The second-order valence-corrected chi connectivity index (χ2v) is 5.06. The number of hydrogen-bond acceptors (Lipinski definition) is 3. The molecule has 1 fully saturated rings. The molecular weight excluding hydrogens is 228 g/mol. The molecule has 0 aliphatic heterocycles. The van der Waals surface area contributed by atoms with Gasteiger partial charge in [-0.15, -0.1) is 0 Å². The molecule has 0 aromatic carbocycles. The van der Waals surface area contributed by atoms with Crippen LogP contribution >= 0.6 is 0 Å². The minimum atomic E-state index is -0.640. The molecule has 1 aliphatic rings. The molecule has 1 rings (SSSR count). The third-order valence-corrected chi connectivity index (χ3v) is 3.46. The van der Waals surface area contributed by atoms with Crippen LogP contribution in [0.15, 0.2) is 24.3 Å². The SMILES string of the molecule is C=C1C(=O)C[C@@H](O)[C@@H]1/C=C/CC(O)CCCCC. The highest BCUT2D eigenvalue weighted by atomic mass is 16.3. The second-order valence-electron chi connectivity index (χ2n) is 5.06. The fourth-order valence-electron chi connectivity index (χ4n) is 2.24. The summed E-state index contributed by atoms with van der Waals surface area (Å²) < 4.78 is 0. The zero-order valence-electron chi connectivity index (χ0n) is 11.1. The fraction of sp³-hybridized carbons (Fsp3) is 0.667. The highest BCUT2D eigenvalue weighted by molar-refractivity contribution is 5.98. The van der Waals surface area contributed by atoms with Gasteiger partial charge in [0.15, 0.2) is 5.78 Å². The smallest absolute Gasteiger partial charge is 0.161 e. The van der Waals surface area contributed by atoms with E-state index < -0.39 is 6.10 Å². The van der Waals surface area contributed by atoms with Gasteiger partial charge in [-0.3, -0.25) is 4.79 Å². The number of rotatable bonds is 7. The standard InChI is InChI=1S/C15H24O3/c1-3-4-5-7-12(16)8-6-9-13-11(2)14(17)10-15(13)18/h6,9,12-13,15-16,18H,2-5,7-8,10H2,1H3/b9-6+/t12?,13-,15-/m1/s1. The highest BCUT2D eigenvalue weighted by Crippen LogP contribution is 2.28. The summed E-state index contributed by atoms with van der Waals surface area (Å²) in [6.45, 7) is 5.84. The number of carbonyl (C=O) groups is 1. The molecule has 3 atom stereocenters. The number of aliphatic hydroxyl groups excluding tert-OH is 2. The van der Waals surface area contributed by atoms with Gasteiger partial charge in [-0.05, 0) is 18.4 Å². The first-order chi connectivity index (χ1) is 8.56. The van der Waals surface area contributed by atoms with Gasteiger partial charge in [0.05, 0.1) is 12.2 Å². The number of Topliss-reactive ketones (excluding diaryl/α,β-unsaturated/α-hetero) is 1. The largest absolute Gasteiger partial charge is 0.393 e. The summed E-state index contributed by atoms with van der Waals surface area (Å²) in [5, 5.41) is 19.4. The van der Waals surface area contributed by atoms with E-state index in [1.807, 2.05) is 6.08 Å². The Balaban J connectivity index is 2.32. The Morgan fingerprint density at radius 1 is 1.50 bits per heavy atom. The molecule has 1 aliphatic carbocycles. The monoisotopic (exact) mass is 252 g/mol. The van der Waals surface area contributed by atoms with E-state index in [-0.39, 0.29) is 24.2 Å². The summed E-state index contributed by atoms with van der Waals surface area (Å²) in [7, 11) is 0. The van der Waals surface area contributed by atoms with Gasteiger partial charge < -0.3 is 10.2 Å². The van der Waals surface area contributed by atoms with Gasteiger partial charge in [0.25, 0.3) is 0 Å². The Morgan fingerprint density at radius 2 is 2.22 bits per heavy atom. The molecule has 102 valence electrons. The second kappa shape index (κ2) is 7.49. The molecule has 1 unspecified atom stereocenters. The summed E-state index contributed by atoms with van der Waals surface area (Å²) in [6.07, 6.45) is 7.60. The molecule has 0 spiro atoms. The third kappa shape index (κ3) is 4.39. The quantitative estimate of drug-likeness (QED) is 0.415. The molecule has 3 nitrogen and oxygen atoms in total. The summed E-state index contributed by atoms with van der Waals surface area (Å²) >= 11 is 0. The lowest BCUT2D eigenvalue weighted by atomic mass is 10.00. The average molecular weight is 252 g/mol. The number of hydrogen-bond donors (Lipinski definition) is 2. The van der Waals surface area contributed by atoms with Crippen molar-refractivity contribution in [2.45, 2.75) is 57.7 Å². The Hall–Kier alpha value is -0.930. The van der Waals surface area contributed by atoms with Crippen LogP contribution in [0.25, 0.3) is 0 Å². The predicted octanol–water partition coefficient (Wildman–Crippen LogP) is 2.38. The van der Waals surface area contributed by atoms with Crippen molar-refractivity contribution in [3.8, 4) is 0 Å². The van der Waals surface area contributed by atoms with Crippen molar-refractivity contribution in [2.24, 2.45) is 5.92 Å². The van der Waals surface area contributed by atoms with E-state index in [0.29, 0.717) is 12.0 Å². The van der Waals surface area contributed by atoms with Crippen LogP contribution < -0.4 is 0 Å². The molecule has 0 aromatic rings. The Bertz CT molecular complexity index is 320. The summed E-state index contributed by atoms with van der Waals surface area (Å²) in [4.78, 5) is 11.3. The Labute approximate surface area is 109 Å². The molecule has 1 saturated carbocycles. The molecule has 0 aromatic heterocycles. The van der Waals surface area contributed by atoms with Crippen LogP contribution in [-0.2, 0) is 4.79 Å². The van der Waals surface area contributed by atoms with E-state index in [1.54, 1.807) is 6.08 Å². The van der Waals surface area contributed by atoms with Gasteiger partial charge in [0, 0.05) is 12.3 Å². The lowest BCUT2D eigenvalue weighted by molar-refractivity contribution is -0.115. The van der Waals surface area contributed by atoms with Crippen LogP contribution in [0.2, 0.25) is 0 Å². The molecular formula is C15H24O3. The van der Waals surface area contributed by atoms with Crippen LogP contribution in [-0.4, -0.2) is 28.2 Å². The molecule has 18 heavy (non-hydrogen) atoms. The van der Waals surface area contributed by atoms with Gasteiger partial charge in [0.2, 0.25) is 0 Å². The zero-order valence-corrected chi connectivity index (χ0v) is 11.1. The van der Waals surface area contributed by atoms with Crippen molar-refractivity contribution in [1.82, 2.24) is 0 Å². The van der Waals surface area contributed by atoms with E-state index in [4.69, 9.17) is 0 Å². The van der Waals surface area contributed by atoms with Crippen LogP contribution in [0.4, 0.5) is 0 Å². The summed E-state index contributed by atoms with van der Waals surface area (Å²) in [5.74, 6) is -0.319. The maximum Gasteiger partial charge on any atom is 0.161 e. The lowest BCUT2D eigenvalue weighted by Crippen LogP contribution is -2.11. The van der Waals surface area contributed by atoms with Gasteiger partial charge in [-0.1, -0.05) is 44.9 Å². The molecule has 0 bridgehead atoms. The van der Waals surface area contributed by atoms with Crippen molar-refractivity contribution in [3.63, 3.8) is 0 Å². The first kappa shape index (κ1) is 15.1. The first-order valence-electron chi connectivity index (χ1n) is 6.81. The maximum atomic E-state index is 11.3. The number of ketones is 1. The van der Waals surface area contributed by atoms with Crippen molar-refractivity contribution in [2.75, 3.05) is 0 Å². The van der Waals surface area contributed by atoms with E-state index in [1.165, 1.54) is 0 Å². The first-order valence-corrected chi connectivity index (χ1v) is 6.81. The topological polar surface area (TPSA) is 57.5 Å². The third-order valence-electron chi connectivity index (χ3n) is 3.46. The number of unbranched alkanes of at least 4 members (excludes halogenated alkanes) is 2. The fourth-order valence-corrected chi connectivity index (χ4v) is 2.24. The van der Waals surface area contributed by atoms with E-state index >= 15 is 0 Å². The average Bonchev–Trinajstić information content (AvgIpc) is 2.56. The molecule has 0 saturated heterocycles. The van der Waals surface area contributed by atoms with Gasteiger partial charge in [-0.2, -0.15) is 0 Å². The normalized spacial score (nSPS) is 26.2. The summed E-state index contributed by atoms with van der Waals surface area (Å²) in [5.41, 5.74) is 0.485.